The third-order valence-electron chi connectivity index (χ3n) is 4.05. The number of hydrogen-bond donors (Lipinski definition) is 2. The van der Waals surface area contributed by atoms with E-state index in [4.69, 9.17) is 9.47 Å². The summed E-state index contributed by atoms with van der Waals surface area (Å²) in [6, 6.07) is 14.8. The minimum atomic E-state index is -0.284. The van der Waals surface area contributed by atoms with Gasteiger partial charge in [-0.1, -0.05) is 12.1 Å². The van der Waals surface area contributed by atoms with Crippen molar-refractivity contribution >= 4 is 17.4 Å². The Morgan fingerprint density at radius 3 is 2.63 bits per heavy atom. The number of pyridine rings is 1. The lowest BCUT2D eigenvalue weighted by molar-refractivity contribution is 0.102. The van der Waals surface area contributed by atoms with Crippen LogP contribution in [0.4, 0.5) is 15.9 Å². The number of rotatable bonds is 5. The zero-order chi connectivity index (χ0) is 18.6. The zero-order valence-electron chi connectivity index (χ0n) is 14.2. The Hall–Kier alpha value is -3.61. The van der Waals surface area contributed by atoms with Gasteiger partial charge in [0, 0.05) is 12.1 Å². The molecule has 0 saturated heterocycles. The van der Waals surface area contributed by atoms with Gasteiger partial charge in [-0.05, 0) is 48.0 Å². The van der Waals surface area contributed by atoms with E-state index in [1.807, 2.05) is 6.07 Å². The molecule has 0 fully saturated rings. The van der Waals surface area contributed by atoms with Crippen LogP contribution < -0.4 is 20.1 Å². The predicted octanol–water partition coefficient (Wildman–Crippen LogP) is 3.81. The molecule has 0 aliphatic carbocycles. The Labute approximate surface area is 155 Å². The number of carbonyl (C=O) groups is 1. The summed E-state index contributed by atoms with van der Waals surface area (Å²) in [6.07, 6.45) is 1.62. The minimum Gasteiger partial charge on any atom is -0.454 e. The first kappa shape index (κ1) is 16.8. The summed E-state index contributed by atoms with van der Waals surface area (Å²) in [4.78, 5) is 16.6. The quantitative estimate of drug-likeness (QED) is 0.719. The molecule has 1 amide bonds. The van der Waals surface area contributed by atoms with Gasteiger partial charge in [0.25, 0.3) is 5.91 Å². The molecule has 7 heteroatoms. The Kier molecular flexibility index (Phi) is 4.57. The van der Waals surface area contributed by atoms with Gasteiger partial charge < -0.3 is 20.1 Å². The molecule has 2 N–H and O–H groups in total. The number of carbonyl (C=O) groups excluding carboxylic acids is 1. The lowest BCUT2D eigenvalue weighted by Crippen LogP contribution is -2.13. The van der Waals surface area contributed by atoms with Gasteiger partial charge in [-0.2, -0.15) is 0 Å². The lowest BCUT2D eigenvalue weighted by Gasteiger charge is -2.08. The predicted molar refractivity (Wildman–Crippen MR) is 98.5 cm³/mol. The third-order valence-corrected chi connectivity index (χ3v) is 4.05. The van der Waals surface area contributed by atoms with Crippen molar-refractivity contribution in [1.82, 2.24) is 4.98 Å². The minimum absolute atomic E-state index is 0.161. The molecule has 136 valence electrons. The highest BCUT2D eigenvalue weighted by Crippen LogP contribution is 2.32. The van der Waals surface area contributed by atoms with Crippen LogP contribution in [-0.2, 0) is 6.54 Å². The molecular weight excluding hydrogens is 349 g/mol. The van der Waals surface area contributed by atoms with Gasteiger partial charge >= 0.3 is 0 Å². The number of ether oxygens (including phenoxy) is 2. The molecule has 0 spiro atoms. The van der Waals surface area contributed by atoms with Gasteiger partial charge in [0.15, 0.2) is 11.5 Å². The maximum atomic E-state index is 12.9. The highest BCUT2D eigenvalue weighted by molar-refractivity contribution is 6.04. The number of hydrogen-bond acceptors (Lipinski definition) is 5. The van der Waals surface area contributed by atoms with Gasteiger partial charge in [-0.15, -0.1) is 0 Å². The molecule has 6 nitrogen and oxygen atoms in total. The van der Waals surface area contributed by atoms with Crippen molar-refractivity contribution in [3.63, 3.8) is 0 Å². The first-order chi connectivity index (χ1) is 13.2. The summed E-state index contributed by atoms with van der Waals surface area (Å²) in [6.45, 7) is 0.708. The first-order valence-electron chi connectivity index (χ1n) is 8.33. The highest BCUT2D eigenvalue weighted by Gasteiger charge is 2.16. The molecule has 4 rings (SSSR count). The lowest BCUT2D eigenvalue weighted by atomic mass is 10.2. The molecule has 0 bridgehead atoms. The van der Waals surface area contributed by atoms with E-state index >= 15 is 0 Å². The second kappa shape index (κ2) is 7.33. The molecule has 1 aliphatic rings. The molecule has 1 aliphatic heterocycles. The number of halogens is 1. The summed E-state index contributed by atoms with van der Waals surface area (Å²) >= 11 is 0. The van der Waals surface area contributed by atoms with Crippen LogP contribution in [0.5, 0.6) is 11.5 Å². The molecule has 0 radical (unpaired) electrons. The first-order valence-corrected chi connectivity index (χ1v) is 8.33. The monoisotopic (exact) mass is 365 g/mol. The van der Waals surface area contributed by atoms with Crippen LogP contribution in [0.25, 0.3) is 0 Å². The maximum absolute atomic E-state index is 12.9. The van der Waals surface area contributed by atoms with Crippen molar-refractivity contribution in [3.05, 3.63) is 77.7 Å². The van der Waals surface area contributed by atoms with Crippen LogP contribution in [0.15, 0.2) is 60.8 Å². The fourth-order valence-corrected chi connectivity index (χ4v) is 2.61. The molecule has 0 atom stereocenters. The molecule has 2 aromatic carbocycles. The number of benzene rings is 2. The van der Waals surface area contributed by atoms with E-state index in [2.05, 4.69) is 15.6 Å². The van der Waals surface area contributed by atoms with Crippen LogP contribution in [0, 0.1) is 5.82 Å². The number of anilines is 2. The van der Waals surface area contributed by atoms with Crippen molar-refractivity contribution in [3.8, 4) is 11.5 Å². The van der Waals surface area contributed by atoms with Crippen LogP contribution in [0.3, 0.4) is 0 Å². The van der Waals surface area contributed by atoms with Crippen molar-refractivity contribution in [1.29, 1.82) is 0 Å². The van der Waals surface area contributed by atoms with Crippen LogP contribution in [0.1, 0.15) is 15.9 Å². The van der Waals surface area contributed by atoms with Gasteiger partial charge in [0.2, 0.25) is 6.79 Å². The fourth-order valence-electron chi connectivity index (χ4n) is 2.61. The average Bonchev–Trinajstić information content (AvgIpc) is 3.16. The molecule has 27 heavy (non-hydrogen) atoms. The summed E-state index contributed by atoms with van der Waals surface area (Å²) in [5, 5.41) is 5.93. The van der Waals surface area contributed by atoms with Crippen molar-refractivity contribution in [2.75, 3.05) is 17.4 Å². The van der Waals surface area contributed by atoms with E-state index in [1.54, 1.807) is 42.6 Å². The van der Waals surface area contributed by atoms with E-state index in [0.29, 0.717) is 29.4 Å². The van der Waals surface area contributed by atoms with E-state index in [-0.39, 0.29) is 18.5 Å². The van der Waals surface area contributed by atoms with Gasteiger partial charge in [-0.3, -0.25) is 4.79 Å². The maximum Gasteiger partial charge on any atom is 0.256 e. The fraction of sp³-hybridized carbons (Fsp3) is 0.100. The van der Waals surface area contributed by atoms with Crippen molar-refractivity contribution < 1.29 is 18.7 Å². The third kappa shape index (κ3) is 3.98. The zero-order valence-corrected chi connectivity index (χ0v) is 14.2. The number of nitrogens with one attached hydrogen (secondary N) is 2. The number of fused-ring (bicyclic) bond motifs is 1. The molecular formula is C20H16FN3O3. The summed E-state index contributed by atoms with van der Waals surface area (Å²) in [5.74, 6) is 1.07. The Balaban J connectivity index is 1.36. The summed E-state index contributed by atoms with van der Waals surface area (Å²) in [7, 11) is 0. The SMILES string of the molecule is O=C(Nc1ccc(NCc2ccc(F)cc2)cn1)c1ccc2c(c1)OCO2. The van der Waals surface area contributed by atoms with Gasteiger partial charge in [-0.25, -0.2) is 9.37 Å². The van der Waals surface area contributed by atoms with Gasteiger partial charge in [0.05, 0.1) is 11.9 Å². The number of nitrogens with zero attached hydrogens (tertiary/aromatic N) is 1. The smallest absolute Gasteiger partial charge is 0.256 e. The van der Waals surface area contributed by atoms with Crippen LogP contribution >= 0.6 is 0 Å². The van der Waals surface area contributed by atoms with Gasteiger partial charge in [0.1, 0.15) is 11.6 Å². The Morgan fingerprint density at radius 1 is 1.04 bits per heavy atom. The summed E-state index contributed by atoms with van der Waals surface area (Å²) < 4.78 is 23.4. The average molecular weight is 365 g/mol. The van der Waals surface area contributed by atoms with E-state index in [0.717, 1.165) is 11.3 Å². The van der Waals surface area contributed by atoms with Crippen molar-refractivity contribution in [2.24, 2.45) is 0 Å². The van der Waals surface area contributed by atoms with E-state index in [9.17, 15) is 9.18 Å². The molecule has 2 heterocycles. The van der Waals surface area contributed by atoms with E-state index in [1.165, 1.54) is 12.1 Å². The van der Waals surface area contributed by atoms with E-state index < -0.39 is 0 Å². The Morgan fingerprint density at radius 2 is 1.85 bits per heavy atom. The normalized spacial score (nSPS) is 11.9. The topological polar surface area (TPSA) is 72.5 Å². The van der Waals surface area contributed by atoms with Crippen LogP contribution in [0.2, 0.25) is 0 Å². The largest absolute Gasteiger partial charge is 0.454 e. The van der Waals surface area contributed by atoms with Crippen LogP contribution in [-0.4, -0.2) is 17.7 Å². The molecule has 0 saturated carbocycles. The number of amides is 1. The second-order valence-electron chi connectivity index (χ2n) is 5.93. The highest BCUT2D eigenvalue weighted by atomic mass is 19.1. The standard InChI is InChI=1S/C20H16FN3O3/c21-15-4-1-13(2-5-15)10-22-16-6-8-19(23-11-16)24-20(25)14-3-7-17-18(9-14)27-12-26-17/h1-9,11,22H,10,12H2,(H,23,24,25). The van der Waals surface area contributed by atoms with Crippen molar-refractivity contribution in [2.45, 2.75) is 6.54 Å². The summed E-state index contributed by atoms with van der Waals surface area (Å²) in [5.41, 5.74) is 2.21. The molecule has 3 aromatic rings. The molecule has 0 unspecified atom stereocenters. The Bertz CT molecular complexity index is 959. The molecule has 1 aromatic heterocycles. The second-order valence-corrected chi connectivity index (χ2v) is 5.93. The number of aromatic nitrogens is 1.